The summed E-state index contributed by atoms with van der Waals surface area (Å²) in [5, 5.41) is 2.86. The van der Waals surface area contributed by atoms with Gasteiger partial charge in [0.05, 0.1) is 0 Å². The third-order valence-electron chi connectivity index (χ3n) is 4.53. The first-order valence-corrected chi connectivity index (χ1v) is 10.4. The smallest absolute Gasteiger partial charge is 0.248 e. The molecule has 0 bridgehead atoms. The third kappa shape index (κ3) is 13.4. The molecule has 2 heteroatoms. The Morgan fingerprint density at radius 3 is 1.88 bits per heavy atom. The summed E-state index contributed by atoms with van der Waals surface area (Å²) < 4.78 is 0. The van der Waals surface area contributed by atoms with Crippen molar-refractivity contribution in [2.45, 2.75) is 90.4 Å². The summed E-state index contributed by atoms with van der Waals surface area (Å²) in [6.45, 7) is 2.27. The molecule has 140 valence electrons. The van der Waals surface area contributed by atoms with Crippen LogP contribution in [0.4, 0.5) is 5.69 Å². The van der Waals surface area contributed by atoms with Crippen LogP contribution in [-0.4, -0.2) is 5.91 Å². The number of para-hydroxylation sites is 1. The Bertz CT molecular complexity index is 452. The SMILES string of the molecule is CCCCCCCCCCCCCCC=CC(=O)Nc1ccccc1. The highest BCUT2D eigenvalue weighted by Crippen LogP contribution is 2.12. The zero-order valence-corrected chi connectivity index (χ0v) is 16.1. The van der Waals surface area contributed by atoms with E-state index in [0.717, 1.165) is 12.1 Å². The largest absolute Gasteiger partial charge is 0.323 e. The van der Waals surface area contributed by atoms with Crippen molar-refractivity contribution in [1.82, 2.24) is 0 Å². The van der Waals surface area contributed by atoms with Crippen molar-refractivity contribution in [3.63, 3.8) is 0 Å². The van der Waals surface area contributed by atoms with Gasteiger partial charge in [-0.25, -0.2) is 0 Å². The fourth-order valence-electron chi connectivity index (χ4n) is 3.00. The van der Waals surface area contributed by atoms with Gasteiger partial charge in [-0.3, -0.25) is 4.79 Å². The van der Waals surface area contributed by atoms with Gasteiger partial charge in [-0.05, 0) is 31.1 Å². The van der Waals surface area contributed by atoms with E-state index in [4.69, 9.17) is 0 Å². The molecule has 0 spiro atoms. The Labute approximate surface area is 155 Å². The first kappa shape index (κ1) is 21.5. The number of amides is 1. The highest BCUT2D eigenvalue weighted by atomic mass is 16.1. The molecule has 0 heterocycles. The summed E-state index contributed by atoms with van der Waals surface area (Å²) in [5.74, 6) is -0.0369. The van der Waals surface area contributed by atoms with Crippen LogP contribution in [0.5, 0.6) is 0 Å². The molecule has 1 aromatic rings. The van der Waals surface area contributed by atoms with E-state index < -0.39 is 0 Å². The third-order valence-corrected chi connectivity index (χ3v) is 4.53. The molecule has 1 N–H and O–H groups in total. The lowest BCUT2D eigenvalue weighted by Gasteiger charge is -2.02. The Morgan fingerprint density at radius 2 is 1.32 bits per heavy atom. The second kappa shape index (κ2) is 15.9. The van der Waals surface area contributed by atoms with Crippen LogP contribution < -0.4 is 5.32 Å². The number of nitrogens with one attached hydrogen (secondary N) is 1. The second-order valence-corrected chi connectivity index (χ2v) is 6.94. The first-order chi connectivity index (χ1) is 12.3. The Balaban J connectivity index is 1.86. The maximum Gasteiger partial charge on any atom is 0.248 e. The average molecular weight is 344 g/mol. The predicted molar refractivity (Wildman–Crippen MR) is 110 cm³/mol. The highest BCUT2D eigenvalue weighted by Gasteiger charge is 1.96. The van der Waals surface area contributed by atoms with Crippen molar-refractivity contribution < 1.29 is 4.79 Å². The van der Waals surface area contributed by atoms with E-state index in [2.05, 4.69) is 12.2 Å². The fourth-order valence-corrected chi connectivity index (χ4v) is 3.00. The Morgan fingerprint density at radius 1 is 0.800 bits per heavy atom. The van der Waals surface area contributed by atoms with E-state index in [1.54, 1.807) is 6.08 Å². The molecule has 0 aliphatic carbocycles. The van der Waals surface area contributed by atoms with Gasteiger partial charge < -0.3 is 5.32 Å². The number of rotatable bonds is 15. The molecule has 0 radical (unpaired) electrons. The molecule has 0 fully saturated rings. The summed E-state index contributed by atoms with van der Waals surface area (Å²) in [7, 11) is 0. The molecule has 1 rings (SSSR count). The van der Waals surface area contributed by atoms with Crippen LogP contribution in [0, 0.1) is 0 Å². The van der Waals surface area contributed by atoms with Gasteiger partial charge in [-0.15, -0.1) is 0 Å². The van der Waals surface area contributed by atoms with Gasteiger partial charge >= 0.3 is 0 Å². The molecule has 0 saturated heterocycles. The summed E-state index contributed by atoms with van der Waals surface area (Å²) in [4.78, 5) is 11.7. The van der Waals surface area contributed by atoms with E-state index in [0.29, 0.717) is 0 Å². The Kier molecular flexibility index (Phi) is 13.7. The lowest BCUT2D eigenvalue weighted by Crippen LogP contribution is -2.07. The zero-order chi connectivity index (χ0) is 18.0. The first-order valence-electron chi connectivity index (χ1n) is 10.4. The Hall–Kier alpha value is -1.57. The van der Waals surface area contributed by atoms with E-state index in [9.17, 15) is 4.79 Å². The summed E-state index contributed by atoms with van der Waals surface area (Å²) in [6.07, 6.45) is 21.1. The molecule has 0 unspecified atom stereocenters. The molecule has 0 aliphatic rings. The lowest BCUT2D eigenvalue weighted by molar-refractivity contribution is -0.111. The van der Waals surface area contributed by atoms with Crippen LogP contribution >= 0.6 is 0 Å². The van der Waals surface area contributed by atoms with Crippen LogP contribution in [-0.2, 0) is 4.79 Å². The topological polar surface area (TPSA) is 29.1 Å². The minimum Gasteiger partial charge on any atom is -0.323 e. The maximum atomic E-state index is 11.7. The van der Waals surface area contributed by atoms with Crippen LogP contribution in [0.3, 0.4) is 0 Å². The molecule has 0 atom stereocenters. The summed E-state index contributed by atoms with van der Waals surface area (Å²) >= 11 is 0. The van der Waals surface area contributed by atoms with Crippen molar-refractivity contribution in [1.29, 1.82) is 0 Å². The standard InChI is InChI=1S/C23H37NO/c1-2-3-4-5-6-7-8-9-10-11-12-13-14-18-21-23(25)24-22-19-16-15-17-20-22/h15-21H,2-14H2,1H3,(H,24,25). The van der Waals surface area contributed by atoms with Gasteiger partial charge in [0.15, 0.2) is 0 Å². The number of unbranched alkanes of at least 4 members (excludes halogenated alkanes) is 12. The number of hydrogen-bond donors (Lipinski definition) is 1. The van der Waals surface area contributed by atoms with Gasteiger partial charge in [0.25, 0.3) is 0 Å². The van der Waals surface area contributed by atoms with Gasteiger partial charge in [-0.1, -0.05) is 102 Å². The van der Waals surface area contributed by atoms with Crippen molar-refractivity contribution in [2.24, 2.45) is 0 Å². The summed E-state index contributed by atoms with van der Waals surface area (Å²) in [6, 6.07) is 9.59. The van der Waals surface area contributed by atoms with E-state index >= 15 is 0 Å². The molecule has 1 amide bonds. The molecule has 25 heavy (non-hydrogen) atoms. The van der Waals surface area contributed by atoms with Gasteiger partial charge in [0, 0.05) is 5.69 Å². The molecule has 0 aliphatic heterocycles. The van der Waals surface area contributed by atoms with Crippen LogP contribution in [0.1, 0.15) is 90.4 Å². The fraction of sp³-hybridized carbons (Fsp3) is 0.609. The number of benzene rings is 1. The number of anilines is 1. The van der Waals surface area contributed by atoms with E-state index in [1.807, 2.05) is 36.4 Å². The quantitative estimate of drug-likeness (QED) is 0.263. The average Bonchev–Trinajstić information content (AvgIpc) is 2.63. The zero-order valence-electron chi connectivity index (χ0n) is 16.1. The van der Waals surface area contributed by atoms with E-state index in [-0.39, 0.29) is 5.91 Å². The number of carbonyl (C=O) groups is 1. The van der Waals surface area contributed by atoms with Crippen LogP contribution in [0.25, 0.3) is 0 Å². The van der Waals surface area contributed by atoms with Crippen molar-refractivity contribution >= 4 is 11.6 Å². The molecule has 0 saturated carbocycles. The number of carbonyl (C=O) groups excluding carboxylic acids is 1. The van der Waals surface area contributed by atoms with E-state index in [1.165, 1.54) is 77.0 Å². The molecule has 2 nitrogen and oxygen atoms in total. The van der Waals surface area contributed by atoms with Crippen molar-refractivity contribution in [2.75, 3.05) is 5.32 Å². The van der Waals surface area contributed by atoms with Crippen LogP contribution in [0.2, 0.25) is 0 Å². The second-order valence-electron chi connectivity index (χ2n) is 6.94. The minimum absolute atomic E-state index is 0.0369. The van der Waals surface area contributed by atoms with Crippen molar-refractivity contribution in [3.8, 4) is 0 Å². The highest BCUT2D eigenvalue weighted by molar-refractivity contribution is 5.99. The summed E-state index contributed by atoms with van der Waals surface area (Å²) in [5.41, 5.74) is 0.850. The monoisotopic (exact) mass is 343 g/mol. The number of hydrogen-bond acceptors (Lipinski definition) is 1. The molecule has 0 aromatic heterocycles. The predicted octanol–water partition coefficient (Wildman–Crippen LogP) is 7.27. The molecule has 1 aromatic carbocycles. The minimum atomic E-state index is -0.0369. The maximum absolute atomic E-state index is 11.7. The molecular formula is C23H37NO. The van der Waals surface area contributed by atoms with Gasteiger partial charge in [0.2, 0.25) is 5.91 Å². The molecular weight excluding hydrogens is 306 g/mol. The number of allylic oxidation sites excluding steroid dienone is 1. The van der Waals surface area contributed by atoms with Gasteiger partial charge in [0.1, 0.15) is 0 Å². The normalized spacial score (nSPS) is 11.1. The van der Waals surface area contributed by atoms with Crippen molar-refractivity contribution in [3.05, 3.63) is 42.5 Å². The lowest BCUT2D eigenvalue weighted by atomic mass is 10.0. The van der Waals surface area contributed by atoms with Crippen LogP contribution in [0.15, 0.2) is 42.5 Å². The van der Waals surface area contributed by atoms with Gasteiger partial charge in [-0.2, -0.15) is 0 Å².